The van der Waals surface area contributed by atoms with Gasteiger partial charge >= 0.3 is 0 Å². The van der Waals surface area contributed by atoms with Gasteiger partial charge in [-0.3, -0.25) is 19.7 Å². The van der Waals surface area contributed by atoms with Crippen molar-refractivity contribution in [2.45, 2.75) is 24.7 Å². The Morgan fingerprint density at radius 1 is 1.17 bits per heavy atom. The van der Waals surface area contributed by atoms with Crippen molar-refractivity contribution >= 4 is 35.1 Å². The SMILES string of the molecule is Cc1c(NC(=O)CCC(=O)N2CCSc3ccccc32)n[nH]c1-c1ccncc1. The number of pyridine rings is 1. The lowest BCUT2D eigenvalue weighted by Crippen LogP contribution is -2.35. The molecule has 0 radical (unpaired) electrons. The minimum absolute atomic E-state index is 0.0378. The number of aromatic amines is 1. The maximum atomic E-state index is 12.7. The van der Waals surface area contributed by atoms with Gasteiger partial charge in [0.05, 0.1) is 11.4 Å². The fourth-order valence-corrected chi connectivity index (χ4v) is 4.29. The Morgan fingerprint density at radius 2 is 1.97 bits per heavy atom. The molecule has 2 aromatic heterocycles. The van der Waals surface area contributed by atoms with Gasteiger partial charge in [-0.2, -0.15) is 5.10 Å². The zero-order valence-corrected chi connectivity index (χ0v) is 16.8. The molecule has 1 aliphatic rings. The number of nitrogens with one attached hydrogen (secondary N) is 2. The molecule has 1 aromatic carbocycles. The normalized spacial score (nSPS) is 13.1. The van der Waals surface area contributed by atoms with Gasteiger partial charge in [-0.25, -0.2) is 0 Å². The highest BCUT2D eigenvalue weighted by atomic mass is 32.2. The highest BCUT2D eigenvalue weighted by Gasteiger charge is 2.23. The van der Waals surface area contributed by atoms with E-state index in [1.807, 2.05) is 43.3 Å². The molecule has 0 fully saturated rings. The first-order valence-corrected chi connectivity index (χ1v) is 10.4. The van der Waals surface area contributed by atoms with Crippen LogP contribution in [0.2, 0.25) is 0 Å². The molecule has 0 saturated carbocycles. The van der Waals surface area contributed by atoms with Crippen molar-refractivity contribution in [3.8, 4) is 11.3 Å². The van der Waals surface area contributed by atoms with E-state index in [1.165, 1.54) is 0 Å². The lowest BCUT2D eigenvalue weighted by atomic mass is 10.1. The Bertz CT molecular complexity index is 1030. The van der Waals surface area contributed by atoms with E-state index in [9.17, 15) is 9.59 Å². The van der Waals surface area contributed by atoms with E-state index in [0.717, 1.165) is 33.2 Å². The van der Waals surface area contributed by atoms with Crippen molar-refractivity contribution in [2.24, 2.45) is 0 Å². The van der Waals surface area contributed by atoms with Gasteiger partial charge in [0.2, 0.25) is 11.8 Å². The number of rotatable bonds is 5. The Kier molecular flexibility index (Phi) is 5.62. The van der Waals surface area contributed by atoms with Crippen molar-refractivity contribution in [2.75, 3.05) is 22.5 Å². The third kappa shape index (κ3) is 4.17. The molecule has 4 rings (SSSR count). The van der Waals surface area contributed by atoms with Crippen molar-refractivity contribution in [1.29, 1.82) is 0 Å². The molecule has 0 unspecified atom stereocenters. The molecular weight excluding hydrogens is 386 g/mol. The average Bonchev–Trinajstić information content (AvgIpc) is 3.12. The van der Waals surface area contributed by atoms with E-state index >= 15 is 0 Å². The summed E-state index contributed by atoms with van der Waals surface area (Å²) in [5.74, 6) is 1.08. The molecule has 0 atom stereocenters. The van der Waals surface area contributed by atoms with E-state index in [2.05, 4.69) is 20.5 Å². The van der Waals surface area contributed by atoms with Gasteiger partial charge in [-0.05, 0) is 31.2 Å². The largest absolute Gasteiger partial charge is 0.310 e. The van der Waals surface area contributed by atoms with Crippen molar-refractivity contribution in [1.82, 2.24) is 15.2 Å². The number of aromatic nitrogens is 3. The van der Waals surface area contributed by atoms with Crippen LogP contribution in [0.25, 0.3) is 11.3 Å². The second-order valence-corrected chi connectivity index (χ2v) is 7.85. The number of anilines is 2. The topological polar surface area (TPSA) is 91.0 Å². The van der Waals surface area contributed by atoms with Crippen LogP contribution in [-0.2, 0) is 9.59 Å². The number of benzene rings is 1. The van der Waals surface area contributed by atoms with Crippen molar-refractivity contribution in [3.63, 3.8) is 0 Å². The molecule has 2 N–H and O–H groups in total. The predicted molar refractivity (Wildman–Crippen MR) is 114 cm³/mol. The van der Waals surface area contributed by atoms with Gasteiger partial charge in [0.15, 0.2) is 5.82 Å². The quantitative estimate of drug-likeness (QED) is 0.674. The van der Waals surface area contributed by atoms with Crippen molar-refractivity contribution in [3.05, 3.63) is 54.4 Å². The van der Waals surface area contributed by atoms with Gasteiger partial charge in [0.1, 0.15) is 0 Å². The summed E-state index contributed by atoms with van der Waals surface area (Å²) >= 11 is 1.75. The number of fused-ring (bicyclic) bond motifs is 1. The number of H-pyrrole nitrogens is 1. The summed E-state index contributed by atoms with van der Waals surface area (Å²) in [5.41, 5.74) is 3.56. The van der Waals surface area contributed by atoms with Gasteiger partial charge in [0, 0.05) is 53.6 Å². The zero-order valence-electron chi connectivity index (χ0n) is 16.0. The summed E-state index contributed by atoms with van der Waals surface area (Å²) in [5, 5.41) is 9.96. The Labute approximate surface area is 172 Å². The monoisotopic (exact) mass is 407 g/mol. The van der Waals surface area contributed by atoms with Crippen LogP contribution < -0.4 is 10.2 Å². The number of para-hydroxylation sites is 1. The Balaban J connectivity index is 1.37. The van der Waals surface area contributed by atoms with Crippen LogP contribution in [0.15, 0.2) is 53.7 Å². The molecule has 1 aliphatic heterocycles. The van der Waals surface area contributed by atoms with Crippen LogP contribution in [0, 0.1) is 6.92 Å². The van der Waals surface area contributed by atoms with E-state index in [-0.39, 0.29) is 24.7 Å². The maximum Gasteiger partial charge on any atom is 0.227 e. The number of thioether (sulfide) groups is 1. The molecule has 3 aromatic rings. The lowest BCUT2D eigenvalue weighted by Gasteiger charge is -2.29. The van der Waals surface area contributed by atoms with Gasteiger partial charge in [-0.15, -0.1) is 11.8 Å². The summed E-state index contributed by atoms with van der Waals surface area (Å²) in [6.45, 7) is 2.55. The molecule has 2 amide bonds. The summed E-state index contributed by atoms with van der Waals surface area (Å²) in [7, 11) is 0. The first-order valence-electron chi connectivity index (χ1n) is 9.41. The molecule has 29 heavy (non-hydrogen) atoms. The first-order chi connectivity index (χ1) is 14.1. The van der Waals surface area contributed by atoms with Crippen LogP contribution in [0.3, 0.4) is 0 Å². The minimum Gasteiger partial charge on any atom is -0.310 e. The third-order valence-corrected chi connectivity index (χ3v) is 5.87. The molecule has 7 nitrogen and oxygen atoms in total. The fourth-order valence-electron chi connectivity index (χ4n) is 3.30. The highest BCUT2D eigenvalue weighted by Crippen LogP contribution is 2.34. The molecule has 0 saturated heterocycles. The fraction of sp³-hybridized carbons (Fsp3) is 0.238. The molecule has 148 valence electrons. The van der Waals surface area contributed by atoms with E-state index in [4.69, 9.17) is 0 Å². The van der Waals surface area contributed by atoms with Crippen LogP contribution in [0.1, 0.15) is 18.4 Å². The molecule has 0 spiro atoms. The first kappa shape index (κ1) is 19.2. The Hall–Kier alpha value is -3.13. The number of amides is 2. The predicted octanol–water partition coefficient (Wildman–Crippen LogP) is 3.64. The smallest absolute Gasteiger partial charge is 0.227 e. The van der Waals surface area contributed by atoms with Crippen LogP contribution in [-0.4, -0.2) is 39.3 Å². The second-order valence-electron chi connectivity index (χ2n) is 6.72. The molecule has 8 heteroatoms. The van der Waals surface area contributed by atoms with E-state index < -0.39 is 0 Å². The average molecular weight is 407 g/mol. The van der Waals surface area contributed by atoms with Gasteiger partial charge in [-0.1, -0.05) is 12.1 Å². The number of nitrogens with zero attached hydrogens (tertiary/aromatic N) is 3. The van der Waals surface area contributed by atoms with Gasteiger partial charge in [0.25, 0.3) is 0 Å². The summed E-state index contributed by atoms with van der Waals surface area (Å²) in [6, 6.07) is 11.6. The number of carbonyl (C=O) groups is 2. The second kappa shape index (κ2) is 8.48. The summed E-state index contributed by atoms with van der Waals surface area (Å²) in [6.07, 6.45) is 3.68. The lowest BCUT2D eigenvalue weighted by molar-refractivity contribution is -0.122. The number of hydrogen-bond acceptors (Lipinski definition) is 5. The molecular formula is C21H21N5O2S. The standard InChI is InChI=1S/C21H21N5O2S/c1-14-20(15-8-10-22-11-9-15)24-25-21(14)23-18(27)6-7-19(28)26-12-13-29-17-5-3-2-4-16(17)26/h2-5,8-11H,6-7,12-13H2,1H3,(H2,23,24,25,27). The highest BCUT2D eigenvalue weighted by molar-refractivity contribution is 7.99. The zero-order chi connectivity index (χ0) is 20.2. The third-order valence-electron chi connectivity index (χ3n) is 4.83. The summed E-state index contributed by atoms with van der Waals surface area (Å²) in [4.78, 5) is 32.0. The van der Waals surface area contributed by atoms with Gasteiger partial charge < -0.3 is 10.2 Å². The number of carbonyl (C=O) groups excluding carboxylic acids is 2. The van der Waals surface area contributed by atoms with Crippen molar-refractivity contribution < 1.29 is 9.59 Å². The molecule has 0 bridgehead atoms. The van der Waals surface area contributed by atoms with E-state index in [0.29, 0.717) is 12.4 Å². The Morgan fingerprint density at radius 3 is 2.79 bits per heavy atom. The van der Waals surface area contributed by atoms with Crippen LogP contribution >= 0.6 is 11.8 Å². The molecule has 3 heterocycles. The molecule has 0 aliphatic carbocycles. The number of hydrogen-bond donors (Lipinski definition) is 2. The maximum absolute atomic E-state index is 12.7. The minimum atomic E-state index is -0.228. The van der Waals surface area contributed by atoms with E-state index in [1.54, 1.807) is 29.1 Å². The summed E-state index contributed by atoms with van der Waals surface area (Å²) < 4.78 is 0. The van der Waals surface area contributed by atoms with Crippen LogP contribution in [0.5, 0.6) is 0 Å². The van der Waals surface area contributed by atoms with Crippen LogP contribution in [0.4, 0.5) is 11.5 Å².